The summed E-state index contributed by atoms with van der Waals surface area (Å²) in [6, 6.07) is 63.7. The Labute approximate surface area is 295 Å². The number of furan rings is 1. The van der Waals surface area contributed by atoms with E-state index in [4.69, 9.17) is 14.4 Å². The number of hydrogen-bond acceptors (Lipinski definition) is 3. The third kappa shape index (κ3) is 5.06. The predicted octanol–water partition coefficient (Wildman–Crippen LogP) is 13.0. The van der Waals surface area contributed by atoms with Crippen molar-refractivity contribution < 1.29 is 4.42 Å². The van der Waals surface area contributed by atoms with Gasteiger partial charge in [0.05, 0.1) is 22.6 Å². The Hall–Kier alpha value is -6.84. The zero-order valence-electron chi connectivity index (χ0n) is 27.6. The van der Waals surface area contributed by atoms with E-state index in [0.29, 0.717) is 0 Å². The smallest absolute Gasteiger partial charge is 0.144 e. The summed E-state index contributed by atoms with van der Waals surface area (Å²) >= 11 is 0. The highest BCUT2D eigenvalue weighted by Gasteiger charge is 2.17. The van der Waals surface area contributed by atoms with E-state index in [0.717, 1.165) is 99.6 Å². The molecular formula is C48H30N2O. The second kappa shape index (κ2) is 11.9. The van der Waals surface area contributed by atoms with Crippen molar-refractivity contribution in [3.63, 3.8) is 0 Å². The highest BCUT2D eigenvalue weighted by Crippen LogP contribution is 2.41. The van der Waals surface area contributed by atoms with Gasteiger partial charge < -0.3 is 4.42 Å². The highest BCUT2D eigenvalue weighted by molar-refractivity contribution is 6.24. The molecule has 3 nitrogen and oxygen atoms in total. The zero-order chi connectivity index (χ0) is 33.7. The zero-order valence-corrected chi connectivity index (χ0v) is 27.6. The van der Waals surface area contributed by atoms with Crippen LogP contribution in [0.15, 0.2) is 186 Å². The molecule has 0 aliphatic heterocycles. The molecule has 0 amide bonds. The van der Waals surface area contributed by atoms with Gasteiger partial charge in [0, 0.05) is 43.6 Å². The largest absolute Gasteiger partial charge is 0.455 e. The summed E-state index contributed by atoms with van der Waals surface area (Å²) in [4.78, 5) is 10.2. The van der Waals surface area contributed by atoms with Crippen LogP contribution in [0.1, 0.15) is 0 Å². The van der Waals surface area contributed by atoms with Crippen LogP contribution in [0, 0.1) is 0 Å². The Morgan fingerprint density at radius 3 is 1.49 bits per heavy atom. The van der Waals surface area contributed by atoms with Gasteiger partial charge in [-0.05, 0) is 52.6 Å². The Kier molecular flexibility index (Phi) is 6.81. The van der Waals surface area contributed by atoms with Gasteiger partial charge in [-0.2, -0.15) is 0 Å². The van der Waals surface area contributed by atoms with Crippen molar-refractivity contribution in [3.05, 3.63) is 182 Å². The maximum atomic E-state index is 6.51. The Morgan fingerprint density at radius 1 is 0.333 bits per heavy atom. The van der Waals surface area contributed by atoms with Gasteiger partial charge in [-0.25, -0.2) is 9.97 Å². The molecule has 3 heterocycles. The molecule has 0 aliphatic rings. The normalized spacial score (nSPS) is 11.5. The summed E-state index contributed by atoms with van der Waals surface area (Å²) < 4.78 is 6.51. The predicted molar refractivity (Wildman–Crippen MR) is 212 cm³/mol. The van der Waals surface area contributed by atoms with Crippen LogP contribution in [0.25, 0.3) is 99.6 Å². The van der Waals surface area contributed by atoms with Gasteiger partial charge in [-0.1, -0.05) is 152 Å². The number of benzene rings is 7. The maximum Gasteiger partial charge on any atom is 0.144 e. The van der Waals surface area contributed by atoms with Gasteiger partial charge in [0.1, 0.15) is 11.2 Å². The third-order valence-electron chi connectivity index (χ3n) is 9.88. The minimum Gasteiger partial charge on any atom is -0.455 e. The van der Waals surface area contributed by atoms with Gasteiger partial charge in [0.25, 0.3) is 0 Å². The molecule has 0 unspecified atom stereocenters. The molecule has 0 aliphatic carbocycles. The Bertz CT molecular complexity index is 2820. The quantitative estimate of drug-likeness (QED) is 0.174. The lowest BCUT2D eigenvalue weighted by atomic mass is 9.95. The van der Waals surface area contributed by atoms with E-state index >= 15 is 0 Å². The summed E-state index contributed by atoms with van der Waals surface area (Å²) in [7, 11) is 0. The van der Waals surface area contributed by atoms with Crippen molar-refractivity contribution in [2.45, 2.75) is 0 Å². The monoisotopic (exact) mass is 650 g/mol. The average Bonchev–Trinajstić information content (AvgIpc) is 3.60. The molecule has 10 rings (SSSR count). The van der Waals surface area contributed by atoms with Gasteiger partial charge in [0.2, 0.25) is 0 Å². The van der Waals surface area contributed by atoms with E-state index in [9.17, 15) is 0 Å². The van der Waals surface area contributed by atoms with Crippen LogP contribution < -0.4 is 0 Å². The van der Waals surface area contributed by atoms with Gasteiger partial charge in [-0.15, -0.1) is 0 Å². The van der Waals surface area contributed by atoms with Crippen molar-refractivity contribution in [1.82, 2.24) is 9.97 Å². The first kappa shape index (κ1) is 29.1. The molecule has 0 atom stereocenters. The molecule has 0 spiro atoms. The van der Waals surface area contributed by atoms with Crippen LogP contribution in [0.4, 0.5) is 0 Å². The molecule has 0 bridgehead atoms. The fraction of sp³-hybridized carbons (Fsp3) is 0. The minimum atomic E-state index is 0.898. The standard InChI is InChI=1S/C48H30N2O/c1-3-11-34(12-4-1)43-29-37(30-44(49-43)35-13-5-2-6-14-35)33-21-19-31(20-22-33)32-23-25-36(26-24-32)47-41-28-27-39-38-15-8-10-18-45(38)51-48(39)46(41)40-16-7-9-17-42(40)50-47/h1-30H. The number of hydrogen-bond donors (Lipinski definition) is 0. The lowest BCUT2D eigenvalue weighted by molar-refractivity contribution is 0.673. The summed E-state index contributed by atoms with van der Waals surface area (Å²) in [5.74, 6) is 0. The third-order valence-corrected chi connectivity index (χ3v) is 9.88. The molecule has 0 saturated carbocycles. The van der Waals surface area contributed by atoms with Gasteiger partial charge in [0.15, 0.2) is 0 Å². The second-order valence-corrected chi connectivity index (χ2v) is 13.0. The Morgan fingerprint density at radius 2 is 0.843 bits per heavy atom. The lowest BCUT2D eigenvalue weighted by Gasteiger charge is -2.12. The number of nitrogens with zero attached hydrogens (tertiary/aromatic N) is 2. The van der Waals surface area contributed by atoms with E-state index in [1.165, 1.54) is 0 Å². The first-order chi connectivity index (χ1) is 25.3. The Balaban J connectivity index is 1.03. The van der Waals surface area contributed by atoms with Crippen LogP contribution in [0.5, 0.6) is 0 Å². The van der Waals surface area contributed by atoms with Gasteiger partial charge in [-0.3, -0.25) is 0 Å². The second-order valence-electron chi connectivity index (χ2n) is 13.0. The first-order valence-electron chi connectivity index (χ1n) is 17.2. The molecule has 3 aromatic heterocycles. The molecule has 51 heavy (non-hydrogen) atoms. The first-order valence-corrected chi connectivity index (χ1v) is 17.2. The van der Waals surface area contributed by atoms with E-state index in [1.807, 2.05) is 30.3 Å². The van der Waals surface area contributed by atoms with Crippen molar-refractivity contribution in [3.8, 4) is 56.0 Å². The number of aromatic nitrogens is 2. The fourth-order valence-electron chi connectivity index (χ4n) is 7.32. The SMILES string of the molecule is c1ccc(-c2cc(-c3ccc(-c4ccc(-c5nc6ccccc6c6c5ccc5c7ccccc7oc56)cc4)cc3)cc(-c3ccccc3)n2)cc1. The molecule has 0 N–H and O–H groups in total. The molecule has 0 saturated heterocycles. The minimum absolute atomic E-state index is 0.898. The van der Waals surface area contributed by atoms with Crippen molar-refractivity contribution in [2.75, 3.05) is 0 Å². The molecule has 0 fully saturated rings. The number of rotatable bonds is 5. The summed E-state index contributed by atoms with van der Waals surface area (Å²) in [6.45, 7) is 0. The molecule has 238 valence electrons. The van der Waals surface area contributed by atoms with Crippen LogP contribution >= 0.6 is 0 Å². The number of para-hydroxylation sites is 2. The number of fused-ring (bicyclic) bond motifs is 7. The van der Waals surface area contributed by atoms with Gasteiger partial charge >= 0.3 is 0 Å². The van der Waals surface area contributed by atoms with Crippen molar-refractivity contribution in [2.24, 2.45) is 0 Å². The fourth-order valence-corrected chi connectivity index (χ4v) is 7.32. The van der Waals surface area contributed by atoms with Crippen LogP contribution in [0.2, 0.25) is 0 Å². The molecule has 0 radical (unpaired) electrons. The highest BCUT2D eigenvalue weighted by atomic mass is 16.3. The molecular weight excluding hydrogens is 621 g/mol. The molecule has 3 heteroatoms. The van der Waals surface area contributed by atoms with E-state index in [1.54, 1.807) is 0 Å². The van der Waals surface area contributed by atoms with Crippen LogP contribution in [-0.4, -0.2) is 9.97 Å². The average molecular weight is 651 g/mol. The van der Waals surface area contributed by atoms with Crippen molar-refractivity contribution >= 4 is 43.6 Å². The van der Waals surface area contributed by atoms with E-state index in [2.05, 4.69) is 152 Å². The molecule has 7 aromatic carbocycles. The molecule has 10 aromatic rings. The van der Waals surface area contributed by atoms with E-state index < -0.39 is 0 Å². The summed E-state index contributed by atoms with van der Waals surface area (Å²) in [5, 5.41) is 5.53. The topological polar surface area (TPSA) is 38.9 Å². The van der Waals surface area contributed by atoms with Crippen LogP contribution in [0.3, 0.4) is 0 Å². The number of pyridine rings is 2. The van der Waals surface area contributed by atoms with E-state index in [-0.39, 0.29) is 0 Å². The lowest BCUT2D eigenvalue weighted by Crippen LogP contribution is -1.91. The summed E-state index contributed by atoms with van der Waals surface area (Å²) in [5.41, 5.74) is 13.5. The van der Waals surface area contributed by atoms with Crippen molar-refractivity contribution in [1.29, 1.82) is 0 Å². The summed E-state index contributed by atoms with van der Waals surface area (Å²) in [6.07, 6.45) is 0. The van der Waals surface area contributed by atoms with Crippen LogP contribution in [-0.2, 0) is 0 Å². The maximum absolute atomic E-state index is 6.51.